The van der Waals surface area contributed by atoms with Crippen molar-refractivity contribution < 1.29 is 4.79 Å². The number of amides is 1. The number of nitrogens with zero attached hydrogens (tertiary/aromatic N) is 2. The van der Waals surface area contributed by atoms with Gasteiger partial charge in [0.15, 0.2) is 0 Å². The number of hydrogen-bond donors (Lipinski definition) is 1. The van der Waals surface area contributed by atoms with E-state index in [1.165, 1.54) is 0 Å². The molecule has 0 aliphatic rings. The van der Waals surface area contributed by atoms with E-state index < -0.39 is 0 Å². The molecular weight excluding hydrogens is 294 g/mol. The van der Waals surface area contributed by atoms with Crippen molar-refractivity contribution in [3.05, 3.63) is 28.5 Å². The normalized spacial score (nSPS) is 12.5. The van der Waals surface area contributed by atoms with Gasteiger partial charge in [-0.3, -0.25) is 4.79 Å². The standard InChI is InChI=1S/C13H20BrN3O/c1-4-17(5-2)9-10(3)16-13(18)11-6-7-12(14)15-8-11/h6-8,10H,4-5,9H2,1-3H3,(H,16,18). The molecule has 0 aliphatic carbocycles. The van der Waals surface area contributed by atoms with Crippen LogP contribution in [0.5, 0.6) is 0 Å². The Morgan fingerprint density at radius 2 is 2.11 bits per heavy atom. The van der Waals surface area contributed by atoms with Gasteiger partial charge in [0.05, 0.1) is 5.56 Å². The maximum Gasteiger partial charge on any atom is 0.253 e. The summed E-state index contributed by atoms with van der Waals surface area (Å²) >= 11 is 3.25. The van der Waals surface area contributed by atoms with Crippen LogP contribution in [0, 0.1) is 0 Å². The summed E-state index contributed by atoms with van der Waals surface area (Å²) in [5.41, 5.74) is 0.588. The molecule has 18 heavy (non-hydrogen) atoms. The first-order chi connectivity index (χ1) is 8.56. The van der Waals surface area contributed by atoms with Crippen molar-refractivity contribution in [2.24, 2.45) is 0 Å². The highest BCUT2D eigenvalue weighted by Gasteiger charge is 2.12. The number of likely N-dealkylation sites (N-methyl/N-ethyl adjacent to an activating group) is 1. The summed E-state index contributed by atoms with van der Waals surface area (Å²) in [5.74, 6) is -0.0744. The molecule has 100 valence electrons. The highest BCUT2D eigenvalue weighted by Crippen LogP contribution is 2.06. The topological polar surface area (TPSA) is 45.2 Å². The molecule has 1 rings (SSSR count). The molecule has 1 N–H and O–H groups in total. The average Bonchev–Trinajstić information content (AvgIpc) is 2.36. The second-order valence-electron chi connectivity index (χ2n) is 4.23. The summed E-state index contributed by atoms with van der Waals surface area (Å²) in [6.45, 7) is 9.12. The van der Waals surface area contributed by atoms with Crippen LogP contribution >= 0.6 is 15.9 Å². The van der Waals surface area contributed by atoms with Crippen LogP contribution in [0.25, 0.3) is 0 Å². The third kappa shape index (κ3) is 4.74. The van der Waals surface area contributed by atoms with Crippen LogP contribution in [-0.2, 0) is 0 Å². The smallest absolute Gasteiger partial charge is 0.253 e. The molecule has 0 bridgehead atoms. The molecular formula is C13H20BrN3O. The van der Waals surface area contributed by atoms with Gasteiger partial charge in [-0.25, -0.2) is 4.98 Å². The van der Waals surface area contributed by atoms with Gasteiger partial charge in [0.2, 0.25) is 0 Å². The molecule has 0 aliphatic heterocycles. The van der Waals surface area contributed by atoms with Gasteiger partial charge in [0.25, 0.3) is 5.91 Å². The van der Waals surface area contributed by atoms with E-state index in [9.17, 15) is 4.79 Å². The number of carbonyl (C=O) groups is 1. The molecule has 0 fully saturated rings. The zero-order valence-corrected chi connectivity index (χ0v) is 12.7. The molecule has 0 radical (unpaired) electrons. The van der Waals surface area contributed by atoms with Crippen LogP contribution in [0.1, 0.15) is 31.1 Å². The van der Waals surface area contributed by atoms with Crippen molar-refractivity contribution in [2.75, 3.05) is 19.6 Å². The van der Waals surface area contributed by atoms with Crippen molar-refractivity contribution in [1.82, 2.24) is 15.2 Å². The van der Waals surface area contributed by atoms with E-state index in [0.29, 0.717) is 5.56 Å². The summed E-state index contributed by atoms with van der Waals surface area (Å²) in [5, 5.41) is 2.98. The van der Waals surface area contributed by atoms with Gasteiger partial charge in [-0.2, -0.15) is 0 Å². The Morgan fingerprint density at radius 3 is 2.61 bits per heavy atom. The van der Waals surface area contributed by atoms with E-state index in [-0.39, 0.29) is 11.9 Å². The van der Waals surface area contributed by atoms with E-state index in [2.05, 4.69) is 45.0 Å². The maximum absolute atomic E-state index is 11.9. The Morgan fingerprint density at radius 1 is 1.44 bits per heavy atom. The lowest BCUT2D eigenvalue weighted by Gasteiger charge is -2.23. The minimum Gasteiger partial charge on any atom is -0.348 e. The Bertz CT molecular complexity index is 376. The van der Waals surface area contributed by atoms with Gasteiger partial charge < -0.3 is 10.2 Å². The predicted octanol–water partition coefficient (Wildman–Crippen LogP) is 2.30. The van der Waals surface area contributed by atoms with E-state index in [1.807, 2.05) is 6.92 Å². The molecule has 1 aromatic rings. The Labute approximate surface area is 117 Å². The molecule has 1 atom stereocenters. The first kappa shape index (κ1) is 15.1. The molecule has 0 saturated carbocycles. The molecule has 1 amide bonds. The van der Waals surface area contributed by atoms with Crippen LogP contribution in [0.4, 0.5) is 0 Å². The summed E-state index contributed by atoms with van der Waals surface area (Å²) in [7, 11) is 0. The van der Waals surface area contributed by atoms with Gasteiger partial charge in [0.1, 0.15) is 4.60 Å². The summed E-state index contributed by atoms with van der Waals surface area (Å²) in [4.78, 5) is 18.3. The van der Waals surface area contributed by atoms with E-state index >= 15 is 0 Å². The number of pyridine rings is 1. The van der Waals surface area contributed by atoms with E-state index in [4.69, 9.17) is 0 Å². The predicted molar refractivity (Wildman–Crippen MR) is 76.7 cm³/mol. The van der Waals surface area contributed by atoms with Crippen molar-refractivity contribution in [3.63, 3.8) is 0 Å². The van der Waals surface area contributed by atoms with Gasteiger partial charge in [0, 0.05) is 18.8 Å². The molecule has 1 heterocycles. The lowest BCUT2D eigenvalue weighted by Crippen LogP contribution is -2.41. The SMILES string of the molecule is CCN(CC)CC(C)NC(=O)c1ccc(Br)nc1. The number of hydrogen-bond acceptors (Lipinski definition) is 3. The second-order valence-corrected chi connectivity index (χ2v) is 5.04. The minimum atomic E-state index is -0.0744. The third-order valence-corrected chi connectivity index (χ3v) is 3.26. The number of nitrogens with one attached hydrogen (secondary N) is 1. The number of aromatic nitrogens is 1. The minimum absolute atomic E-state index is 0.0744. The Kier molecular flexibility index (Phi) is 6.29. The fourth-order valence-electron chi connectivity index (χ4n) is 1.73. The quantitative estimate of drug-likeness (QED) is 0.820. The van der Waals surface area contributed by atoms with Crippen LogP contribution in [0.3, 0.4) is 0 Å². The largest absolute Gasteiger partial charge is 0.348 e. The number of rotatable bonds is 6. The van der Waals surface area contributed by atoms with Gasteiger partial charge in [-0.1, -0.05) is 13.8 Å². The van der Waals surface area contributed by atoms with Crippen LogP contribution in [0.15, 0.2) is 22.9 Å². The van der Waals surface area contributed by atoms with E-state index in [1.54, 1.807) is 18.3 Å². The van der Waals surface area contributed by atoms with Crippen LogP contribution in [-0.4, -0.2) is 41.5 Å². The molecule has 1 unspecified atom stereocenters. The van der Waals surface area contributed by atoms with E-state index in [0.717, 1.165) is 24.2 Å². The monoisotopic (exact) mass is 313 g/mol. The first-order valence-corrected chi connectivity index (χ1v) is 7.00. The Hall–Kier alpha value is -0.940. The Balaban J connectivity index is 2.51. The summed E-state index contributed by atoms with van der Waals surface area (Å²) < 4.78 is 0.732. The zero-order valence-electron chi connectivity index (χ0n) is 11.1. The van der Waals surface area contributed by atoms with Gasteiger partial charge >= 0.3 is 0 Å². The number of halogens is 1. The highest BCUT2D eigenvalue weighted by atomic mass is 79.9. The third-order valence-electron chi connectivity index (χ3n) is 2.79. The molecule has 4 nitrogen and oxygen atoms in total. The van der Waals surface area contributed by atoms with Crippen molar-refractivity contribution in [1.29, 1.82) is 0 Å². The molecule has 0 aromatic carbocycles. The molecule has 0 saturated heterocycles. The zero-order chi connectivity index (χ0) is 13.5. The van der Waals surface area contributed by atoms with Gasteiger partial charge in [-0.05, 0) is 48.1 Å². The first-order valence-electron chi connectivity index (χ1n) is 6.21. The van der Waals surface area contributed by atoms with Gasteiger partial charge in [-0.15, -0.1) is 0 Å². The average molecular weight is 314 g/mol. The molecule has 0 spiro atoms. The van der Waals surface area contributed by atoms with Crippen LogP contribution < -0.4 is 5.32 Å². The second kappa shape index (κ2) is 7.48. The maximum atomic E-state index is 11.9. The summed E-state index contributed by atoms with van der Waals surface area (Å²) in [6, 6.07) is 3.65. The highest BCUT2D eigenvalue weighted by molar-refractivity contribution is 9.10. The van der Waals surface area contributed by atoms with Crippen molar-refractivity contribution >= 4 is 21.8 Å². The number of carbonyl (C=O) groups excluding carboxylic acids is 1. The summed E-state index contributed by atoms with van der Waals surface area (Å²) in [6.07, 6.45) is 1.57. The fourth-order valence-corrected chi connectivity index (χ4v) is 1.97. The molecule has 5 heteroatoms. The van der Waals surface area contributed by atoms with Crippen molar-refractivity contribution in [3.8, 4) is 0 Å². The van der Waals surface area contributed by atoms with Crippen molar-refractivity contribution in [2.45, 2.75) is 26.8 Å². The van der Waals surface area contributed by atoms with Crippen LogP contribution in [0.2, 0.25) is 0 Å². The lowest BCUT2D eigenvalue weighted by molar-refractivity contribution is 0.0930. The molecule has 1 aromatic heterocycles. The fraction of sp³-hybridized carbons (Fsp3) is 0.538. The lowest BCUT2D eigenvalue weighted by atomic mass is 10.2.